The molecule has 0 aliphatic rings. The molecule has 0 aliphatic heterocycles. The molecule has 1 rings (SSSR count). The smallest absolute Gasteiger partial charge is 0.211 e. The number of benzene rings is 1. The van der Waals surface area contributed by atoms with Gasteiger partial charge < -0.3 is 4.74 Å². The minimum atomic E-state index is -3.17. The number of hydrogen-bond donors (Lipinski definition) is 1. The molecule has 19 heavy (non-hydrogen) atoms. The molecule has 0 aliphatic carbocycles. The van der Waals surface area contributed by atoms with Gasteiger partial charge in [-0.2, -0.15) is 0 Å². The van der Waals surface area contributed by atoms with Gasteiger partial charge in [0.1, 0.15) is 5.75 Å². The van der Waals surface area contributed by atoms with Gasteiger partial charge in [-0.3, -0.25) is 0 Å². The molecule has 5 heteroatoms. The van der Waals surface area contributed by atoms with Crippen LogP contribution < -0.4 is 9.46 Å². The number of hydrogen-bond acceptors (Lipinski definition) is 3. The molecule has 108 valence electrons. The average molecular weight is 285 g/mol. The van der Waals surface area contributed by atoms with E-state index in [1.54, 1.807) is 7.11 Å². The summed E-state index contributed by atoms with van der Waals surface area (Å²) < 4.78 is 31.4. The highest BCUT2D eigenvalue weighted by Gasteiger charge is 2.11. The molecular formula is C14H23NO3S. The quantitative estimate of drug-likeness (QED) is 0.837. The Morgan fingerprint density at radius 3 is 2.47 bits per heavy atom. The molecule has 0 saturated carbocycles. The van der Waals surface area contributed by atoms with Crippen LogP contribution in [0.15, 0.2) is 12.1 Å². The van der Waals surface area contributed by atoms with E-state index in [9.17, 15) is 8.42 Å². The molecule has 0 radical (unpaired) electrons. The zero-order chi connectivity index (χ0) is 14.5. The number of unbranched alkanes of at least 4 members (excludes halogenated alkanes) is 1. The van der Waals surface area contributed by atoms with Gasteiger partial charge in [0.2, 0.25) is 10.0 Å². The average Bonchev–Trinajstić information content (AvgIpc) is 2.37. The zero-order valence-electron chi connectivity index (χ0n) is 12.1. The monoisotopic (exact) mass is 285 g/mol. The third kappa shape index (κ3) is 4.84. The van der Waals surface area contributed by atoms with Crippen molar-refractivity contribution in [1.82, 2.24) is 4.72 Å². The maximum Gasteiger partial charge on any atom is 0.211 e. The predicted octanol–water partition coefficient (Wildman–Crippen LogP) is 2.53. The summed E-state index contributed by atoms with van der Waals surface area (Å²) in [4.78, 5) is 0. The second-order valence-electron chi connectivity index (χ2n) is 4.74. The predicted molar refractivity (Wildman–Crippen MR) is 78.0 cm³/mol. The summed E-state index contributed by atoms with van der Waals surface area (Å²) in [6, 6.07) is 3.90. The van der Waals surface area contributed by atoms with Gasteiger partial charge in [-0.05, 0) is 43.0 Å². The van der Waals surface area contributed by atoms with Crippen molar-refractivity contribution in [2.24, 2.45) is 0 Å². The maximum atomic E-state index is 11.7. The fraction of sp³-hybridized carbons (Fsp3) is 0.571. The maximum absolute atomic E-state index is 11.7. The van der Waals surface area contributed by atoms with E-state index < -0.39 is 10.0 Å². The van der Waals surface area contributed by atoms with Crippen LogP contribution in [0.2, 0.25) is 0 Å². The van der Waals surface area contributed by atoms with Gasteiger partial charge in [-0.25, -0.2) is 13.1 Å². The van der Waals surface area contributed by atoms with Crippen molar-refractivity contribution in [3.05, 3.63) is 28.8 Å². The van der Waals surface area contributed by atoms with Crippen LogP contribution in [-0.4, -0.2) is 21.3 Å². The molecule has 1 aromatic rings. The fourth-order valence-electron chi connectivity index (χ4n) is 1.85. The van der Waals surface area contributed by atoms with Crippen LogP contribution in [-0.2, 0) is 16.6 Å². The Labute approximate surface area is 116 Å². The molecule has 0 saturated heterocycles. The molecular weight excluding hydrogens is 262 g/mol. The molecule has 0 spiro atoms. The van der Waals surface area contributed by atoms with Gasteiger partial charge in [0.15, 0.2) is 0 Å². The Morgan fingerprint density at radius 1 is 1.21 bits per heavy atom. The normalized spacial score (nSPS) is 11.6. The zero-order valence-corrected chi connectivity index (χ0v) is 12.9. The van der Waals surface area contributed by atoms with Crippen LogP contribution in [0.4, 0.5) is 0 Å². The van der Waals surface area contributed by atoms with Gasteiger partial charge in [-0.15, -0.1) is 0 Å². The Morgan fingerprint density at radius 2 is 1.89 bits per heavy atom. The van der Waals surface area contributed by atoms with Crippen molar-refractivity contribution in [2.75, 3.05) is 12.9 Å². The highest BCUT2D eigenvalue weighted by molar-refractivity contribution is 7.89. The molecule has 0 aromatic heterocycles. The SMILES string of the molecule is CCCCS(=O)(=O)NCc1cc(C)c(OC)cc1C. The molecule has 0 heterocycles. The van der Waals surface area contributed by atoms with Crippen molar-refractivity contribution < 1.29 is 13.2 Å². The molecule has 4 nitrogen and oxygen atoms in total. The van der Waals surface area contributed by atoms with Crippen molar-refractivity contribution in [2.45, 2.75) is 40.2 Å². The number of rotatable bonds is 7. The number of nitrogens with one attached hydrogen (secondary N) is 1. The lowest BCUT2D eigenvalue weighted by atomic mass is 10.0. The van der Waals surface area contributed by atoms with Crippen LogP contribution in [0.1, 0.15) is 36.5 Å². The minimum absolute atomic E-state index is 0.192. The van der Waals surface area contributed by atoms with E-state index in [4.69, 9.17) is 4.74 Å². The van der Waals surface area contributed by atoms with Crippen LogP contribution in [0.5, 0.6) is 5.75 Å². The summed E-state index contributed by atoms with van der Waals surface area (Å²) in [5, 5.41) is 0. The van der Waals surface area contributed by atoms with Crippen LogP contribution in [0, 0.1) is 13.8 Å². The summed E-state index contributed by atoms with van der Waals surface area (Å²) in [5.41, 5.74) is 3.02. The summed E-state index contributed by atoms with van der Waals surface area (Å²) in [6.07, 6.45) is 1.57. The minimum Gasteiger partial charge on any atom is -0.496 e. The molecule has 0 fully saturated rings. The van der Waals surface area contributed by atoms with E-state index in [0.717, 1.165) is 28.9 Å². The number of methoxy groups -OCH3 is 1. The first-order valence-corrected chi connectivity index (χ1v) is 8.16. The van der Waals surface area contributed by atoms with Crippen LogP contribution in [0.25, 0.3) is 0 Å². The van der Waals surface area contributed by atoms with Crippen molar-refractivity contribution in [3.63, 3.8) is 0 Å². The summed E-state index contributed by atoms with van der Waals surface area (Å²) in [7, 11) is -1.53. The van der Waals surface area contributed by atoms with Gasteiger partial charge in [0, 0.05) is 6.54 Å². The van der Waals surface area contributed by atoms with Crippen molar-refractivity contribution >= 4 is 10.0 Å². The number of aryl methyl sites for hydroxylation is 2. The number of sulfonamides is 1. The van der Waals surface area contributed by atoms with E-state index in [0.29, 0.717) is 13.0 Å². The first-order chi connectivity index (χ1) is 8.89. The summed E-state index contributed by atoms with van der Waals surface area (Å²) in [6.45, 7) is 6.22. The van der Waals surface area contributed by atoms with Crippen LogP contribution in [0.3, 0.4) is 0 Å². The van der Waals surface area contributed by atoms with E-state index in [2.05, 4.69) is 4.72 Å². The van der Waals surface area contributed by atoms with E-state index in [1.165, 1.54) is 0 Å². The highest BCUT2D eigenvalue weighted by Crippen LogP contribution is 2.22. The van der Waals surface area contributed by atoms with Gasteiger partial charge >= 0.3 is 0 Å². The van der Waals surface area contributed by atoms with Gasteiger partial charge in [0.05, 0.1) is 12.9 Å². The summed E-state index contributed by atoms with van der Waals surface area (Å²) in [5.74, 6) is 1.02. The molecule has 0 unspecified atom stereocenters. The van der Waals surface area contributed by atoms with Crippen molar-refractivity contribution in [1.29, 1.82) is 0 Å². The second-order valence-corrected chi connectivity index (χ2v) is 6.67. The topological polar surface area (TPSA) is 55.4 Å². The third-order valence-corrected chi connectivity index (χ3v) is 4.51. The van der Waals surface area contributed by atoms with E-state index in [-0.39, 0.29) is 5.75 Å². The standard InChI is InChI=1S/C14H23NO3S/c1-5-6-7-19(16,17)15-10-13-8-12(3)14(18-4)9-11(13)2/h8-9,15H,5-7,10H2,1-4H3. The van der Waals surface area contributed by atoms with Crippen LogP contribution >= 0.6 is 0 Å². The van der Waals surface area contributed by atoms with Gasteiger partial charge in [-0.1, -0.05) is 19.4 Å². The third-order valence-electron chi connectivity index (χ3n) is 3.10. The first kappa shape index (κ1) is 16.0. The lowest BCUT2D eigenvalue weighted by Gasteiger charge is -2.12. The Hall–Kier alpha value is -1.07. The Bertz CT molecular complexity index is 524. The molecule has 1 aromatic carbocycles. The molecule has 0 bridgehead atoms. The largest absolute Gasteiger partial charge is 0.496 e. The molecule has 0 atom stereocenters. The van der Waals surface area contributed by atoms with E-state index in [1.807, 2.05) is 32.9 Å². The summed E-state index contributed by atoms with van der Waals surface area (Å²) >= 11 is 0. The fourth-order valence-corrected chi connectivity index (χ4v) is 3.04. The lowest BCUT2D eigenvalue weighted by Crippen LogP contribution is -2.26. The number of ether oxygens (including phenoxy) is 1. The lowest BCUT2D eigenvalue weighted by molar-refractivity contribution is 0.411. The Balaban J connectivity index is 2.76. The Kier molecular flexibility index (Phi) is 5.82. The second kappa shape index (κ2) is 6.91. The first-order valence-electron chi connectivity index (χ1n) is 6.51. The molecule has 0 amide bonds. The molecule has 1 N–H and O–H groups in total. The van der Waals surface area contributed by atoms with Crippen molar-refractivity contribution in [3.8, 4) is 5.75 Å². The van der Waals surface area contributed by atoms with E-state index >= 15 is 0 Å². The van der Waals surface area contributed by atoms with Gasteiger partial charge in [0.25, 0.3) is 0 Å². The highest BCUT2D eigenvalue weighted by atomic mass is 32.2.